The quantitative estimate of drug-likeness (QED) is 0.446. The molecule has 0 radical (unpaired) electrons. The number of anilines is 1. The van der Waals surface area contributed by atoms with Gasteiger partial charge < -0.3 is 14.5 Å². The van der Waals surface area contributed by atoms with E-state index in [4.69, 9.17) is 9.40 Å². The molecule has 35 heavy (non-hydrogen) atoms. The van der Waals surface area contributed by atoms with Crippen molar-refractivity contribution in [3.05, 3.63) is 58.2 Å². The summed E-state index contributed by atoms with van der Waals surface area (Å²) >= 11 is 1.43. The minimum Gasteiger partial charge on any atom is -0.464 e. The Balaban J connectivity index is 1.42. The van der Waals surface area contributed by atoms with Gasteiger partial charge in [0, 0.05) is 17.7 Å². The Morgan fingerprint density at radius 3 is 2.60 bits per heavy atom. The molecule has 1 aliphatic heterocycles. The number of sulfone groups is 1. The lowest BCUT2D eigenvalue weighted by molar-refractivity contribution is -0.115. The predicted octanol–water partition coefficient (Wildman–Crippen LogP) is 3.22. The van der Waals surface area contributed by atoms with Crippen LogP contribution in [0.1, 0.15) is 52.4 Å². The minimum absolute atomic E-state index is 0.00363. The summed E-state index contributed by atoms with van der Waals surface area (Å²) in [6.45, 7) is 5.22. The molecule has 1 N–H and O–H groups in total. The molecule has 0 bridgehead atoms. The zero-order valence-corrected chi connectivity index (χ0v) is 21.4. The maximum Gasteiger partial charge on any atom is 0.360 e. The molecule has 10 nitrogen and oxygen atoms in total. The number of methoxy groups -OCH3 is 1. The van der Waals surface area contributed by atoms with Gasteiger partial charge in [0.25, 0.3) is 0 Å². The summed E-state index contributed by atoms with van der Waals surface area (Å²) in [6.07, 6.45) is 2.55. The van der Waals surface area contributed by atoms with E-state index in [2.05, 4.69) is 33.8 Å². The summed E-state index contributed by atoms with van der Waals surface area (Å²) in [6, 6.07) is 6.28. The lowest BCUT2D eigenvalue weighted by atomic mass is 10.0. The van der Waals surface area contributed by atoms with Crippen molar-refractivity contribution < 1.29 is 27.2 Å². The zero-order chi connectivity index (χ0) is 25.3. The van der Waals surface area contributed by atoms with Crippen LogP contribution >= 0.6 is 11.3 Å². The fraction of sp³-hybridized carbons (Fsp3) is 0.391. The van der Waals surface area contributed by atoms with Gasteiger partial charge in [-0.15, -0.1) is 11.3 Å². The molecule has 4 rings (SSSR count). The third-order valence-electron chi connectivity index (χ3n) is 5.63. The molecule has 3 aromatic rings. The standard InChI is InChI=1S/C23H26N4O6S2/c1-13(2)21-20-17(10-27(21)11-19-24-16(12-33-19)22(29)32-3)34-23(26-20)25-18(28)9-14-5-7-15(8-6-14)35(4,30)31/h5-8,12-13,21H,9-11H2,1-4H3,(H,25,26,28)/t21-/m1/s1. The van der Waals surface area contributed by atoms with Crippen molar-refractivity contribution in [2.24, 2.45) is 5.92 Å². The van der Waals surface area contributed by atoms with Crippen LogP contribution in [0.2, 0.25) is 0 Å². The van der Waals surface area contributed by atoms with Gasteiger partial charge in [-0.05, 0) is 23.6 Å². The van der Waals surface area contributed by atoms with E-state index < -0.39 is 15.8 Å². The summed E-state index contributed by atoms with van der Waals surface area (Å²) in [5.41, 5.74) is 1.76. The van der Waals surface area contributed by atoms with E-state index in [0.29, 0.717) is 29.7 Å². The van der Waals surface area contributed by atoms with Gasteiger partial charge in [0.05, 0.1) is 36.7 Å². The van der Waals surface area contributed by atoms with Crippen molar-refractivity contribution in [3.63, 3.8) is 0 Å². The van der Waals surface area contributed by atoms with Crippen LogP contribution in [0, 0.1) is 5.92 Å². The van der Waals surface area contributed by atoms with Gasteiger partial charge in [0.1, 0.15) is 6.26 Å². The van der Waals surface area contributed by atoms with Crippen LogP contribution in [0.15, 0.2) is 39.8 Å². The molecule has 12 heteroatoms. The van der Waals surface area contributed by atoms with Crippen LogP contribution in [0.25, 0.3) is 0 Å². The number of benzene rings is 1. The second-order valence-electron chi connectivity index (χ2n) is 8.68. The Morgan fingerprint density at radius 1 is 1.26 bits per heavy atom. The number of oxazole rings is 1. The van der Waals surface area contributed by atoms with E-state index in [9.17, 15) is 18.0 Å². The molecule has 3 heterocycles. The largest absolute Gasteiger partial charge is 0.464 e. The van der Waals surface area contributed by atoms with E-state index in [-0.39, 0.29) is 34.9 Å². The van der Waals surface area contributed by atoms with Gasteiger partial charge in [0.2, 0.25) is 11.8 Å². The number of carbonyl (C=O) groups excluding carboxylic acids is 2. The number of carbonyl (C=O) groups is 2. The number of ether oxygens (including phenoxy) is 1. The Kier molecular flexibility index (Phi) is 7.06. The number of nitrogens with one attached hydrogen (secondary N) is 1. The van der Waals surface area contributed by atoms with Gasteiger partial charge in [-0.2, -0.15) is 0 Å². The number of hydrogen-bond acceptors (Lipinski definition) is 10. The van der Waals surface area contributed by atoms with Crippen molar-refractivity contribution in [1.82, 2.24) is 14.9 Å². The Labute approximate surface area is 207 Å². The molecule has 0 saturated heterocycles. The monoisotopic (exact) mass is 518 g/mol. The van der Waals surface area contributed by atoms with Gasteiger partial charge >= 0.3 is 5.97 Å². The number of nitrogens with zero attached hydrogens (tertiary/aromatic N) is 3. The number of fused-ring (bicyclic) bond motifs is 1. The van der Waals surface area contributed by atoms with Crippen LogP contribution in [0.3, 0.4) is 0 Å². The van der Waals surface area contributed by atoms with E-state index >= 15 is 0 Å². The zero-order valence-electron chi connectivity index (χ0n) is 19.8. The molecule has 1 aliphatic rings. The topological polar surface area (TPSA) is 132 Å². The van der Waals surface area contributed by atoms with Crippen LogP contribution in [0.5, 0.6) is 0 Å². The Bertz CT molecular complexity index is 1340. The number of esters is 1. The lowest BCUT2D eigenvalue weighted by Crippen LogP contribution is -2.26. The van der Waals surface area contributed by atoms with E-state index in [1.54, 1.807) is 12.1 Å². The smallest absolute Gasteiger partial charge is 0.360 e. The molecule has 0 fully saturated rings. The molecule has 0 saturated carbocycles. The highest BCUT2D eigenvalue weighted by atomic mass is 32.2. The van der Waals surface area contributed by atoms with Gasteiger partial charge in [0.15, 0.2) is 20.7 Å². The van der Waals surface area contributed by atoms with Gasteiger partial charge in [-0.25, -0.2) is 23.2 Å². The second-order valence-corrected chi connectivity index (χ2v) is 11.8. The molecule has 1 amide bonds. The molecule has 0 aliphatic carbocycles. The SMILES string of the molecule is COC(=O)c1coc(CN2Cc3sc(NC(=O)Cc4ccc(S(C)(=O)=O)cc4)nc3[C@H]2C(C)C)n1. The van der Waals surface area contributed by atoms with Crippen molar-refractivity contribution in [2.75, 3.05) is 18.7 Å². The van der Waals surface area contributed by atoms with E-state index in [0.717, 1.165) is 16.8 Å². The third kappa shape index (κ3) is 5.60. The highest BCUT2D eigenvalue weighted by Gasteiger charge is 2.37. The predicted molar refractivity (Wildman–Crippen MR) is 129 cm³/mol. The van der Waals surface area contributed by atoms with Crippen LogP contribution in [-0.4, -0.2) is 48.5 Å². The first-order valence-electron chi connectivity index (χ1n) is 10.9. The molecule has 2 aromatic heterocycles. The van der Waals surface area contributed by atoms with Crippen molar-refractivity contribution in [1.29, 1.82) is 0 Å². The van der Waals surface area contributed by atoms with Crippen molar-refractivity contribution in [2.45, 2.75) is 44.3 Å². The number of rotatable bonds is 8. The molecule has 0 spiro atoms. The summed E-state index contributed by atoms with van der Waals surface area (Å²) in [7, 11) is -1.99. The highest BCUT2D eigenvalue weighted by molar-refractivity contribution is 7.90. The van der Waals surface area contributed by atoms with Crippen LogP contribution < -0.4 is 5.32 Å². The normalized spacial score (nSPS) is 15.9. The molecule has 1 atom stereocenters. The summed E-state index contributed by atoms with van der Waals surface area (Å²) in [5.74, 6) is -0.112. The van der Waals surface area contributed by atoms with Gasteiger partial charge in [-0.1, -0.05) is 26.0 Å². The summed E-state index contributed by atoms with van der Waals surface area (Å²) in [5, 5.41) is 3.39. The summed E-state index contributed by atoms with van der Waals surface area (Å²) in [4.78, 5) is 36.6. The first kappa shape index (κ1) is 25.0. The van der Waals surface area contributed by atoms with E-state index in [1.807, 2.05) is 0 Å². The number of hydrogen-bond donors (Lipinski definition) is 1. The van der Waals surface area contributed by atoms with Crippen molar-refractivity contribution in [3.8, 4) is 0 Å². The van der Waals surface area contributed by atoms with Crippen molar-refractivity contribution >= 4 is 38.2 Å². The fourth-order valence-electron chi connectivity index (χ4n) is 4.07. The van der Waals surface area contributed by atoms with Gasteiger partial charge in [-0.3, -0.25) is 9.69 Å². The number of aromatic nitrogens is 2. The molecule has 186 valence electrons. The van der Waals surface area contributed by atoms with Crippen LogP contribution in [-0.2, 0) is 38.9 Å². The third-order valence-corrected chi connectivity index (χ3v) is 7.73. The maximum absolute atomic E-state index is 12.6. The average molecular weight is 519 g/mol. The average Bonchev–Trinajstić information content (AvgIpc) is 3.47. The number of thiazole rings is 1. The number of amides is 1. The maximum atomic E-state index is 12.6. The first-order valence-corrected chi connectivity index (χ1v) is 13.6. The molecular formula is C23H26N4O6S2. The molecule has 1 aromatic carbocycles. The summed E-state index contributed by atoms with van der Waals surface area (Å²) < 4.78 is 33.3. The Morgan fingerprint density at radius 2 is 1.97 bits per heavy atom. The molecular weight excluding hydrogens is 492 g/mol. The Hall–Kier alpha value is -3.09. The lowest BCUT2D eigenvalue weighted by Gasteiger charge is -2.26. The highest BCUT2D eigenvalue weighted by Crippen LogP contribution is 2.43. The molecule has 0 unspecified atom stereocenters. The fourth-order valence-corrected chi connectivity index (χ4v) is 5.74. The minimum atomic E-state index is -3.28. The second kappa shape index (κ2) is 9.88. The van der Waals surface area contributed by atoms with E-state index in [1.165, 1.54) is 36.8 Å². The van der Waals surface area contributed by atoms with Crippen LogP contribution in [0.4, 0.5) is 5.13 Å². The first-order chi connectivity index (χ1) is 16.5.